The predicted octanol–water partition coefficient (Wildman–Crippen LogP) is 3.63. The van der Waals surface area contributed by atoms with Gasteiger partial charge in [0, 0.05) is 5.33 Å². The molecule has 1 unspecified atom stereocenters. The average molecular weight is 269 g/mol. The Hall–Kier alpha value is -0.500. The second-order valence-electron chi connectivity index (χ2n) is 4.94. The highest BCUT2D eigenvalue weighted by atomic mass is 79.9. The minimum absolute atomic E-state index is 0.196. The maximum absolute atomic E-state index is 9.54. The maximum Gasteiger partial charge on any atom is 0.115 e. The van der Waals surface area contributed by atoms with Gasteiger partial charge >= 0.3 is 0 Å². The van der Waals surface area contributed by atoms with Crippen LogP contribution >= 0.6 is 15.9 Å². The Labute approximate surface area is 99.6 Å². The normalized spacial score (nSPS) is 22.7. The lowest BCUT2D eigenvalue weighted by Crippen LogP contribution is -2.24. The van der Waals surface area contributed by atoms with Crippen molar-refractivity contribution in [1.82, 2.24) is 0 Å². The van der Waals surface area contributed by atoms with Crippen LogP contribution in [0.25, 0.3) is 0 Å². The van der Waals surface area contributed by atoms with E-state index in [1.807, 2.05) is 6.07 Å². The van der Waals surface area contributed by atoms with Crippen molar-refractivity contribution in [2.45, 2.75) is 32.1 Å². The molecule has 1 aromatic carbocycles. The Balaban J connectivity index is 2.39. The average Bonchev–Trinajstić information content (AvgIpc) is 2.41. The number of fused-ring (bicyclic) bond motifs is 1. The van der Waals surface area contributed by atoms with Gasteiger partial charge in [-0.25, -0.2) is 0 Å². The summed E-state index contributed by atoms with van der Waals surface area (Å²) >= 11 is 3.52. The summed E-state index contributed by atoms with van der Waals surface area (Å²) in [5.74, 6) is 1.08. The molecule has 1 aromatic rings. The van der Waals surface area contributed by atoms with Gasteiger partial charge in [-0.3, -0.25) is 0 Å². The van der Waals surface area contributed by atoms with Crippen molar-refractivity contribution < 1.29 is 5.11 Å². The van der Waals surface area contributed by atoms with Crippen molar-refractivity contribution in [3.63, 3.8) is 0 Å². The molecule has 1 aliphatic rings. The predicted molar refractivity (Wildman–Crippen MR) is 66.7 cm³/mol. The summed E-state index contributed by atoms with van der Waals surface area (Å²) in [6.45, 7) is 4.57. The highest BCUT2D eigenvalue weighted by molar-refractivity contribution is 9.09. The van der Waals surface area contributed by atoms with E-state index in [9.17, 15) is 5.11 Å². The summed E-state index contributed by atoms with van der Waals surface area (Å²) in [7, 11) is 0. The third kappa shape index (κ3) is 1.80. The molecule has 0 radical (unpaired) electrons. The SMILES string of the molecule is CC1(C)c2cc(O)ccc2CC1CCBr. The molecule has 1 nitrogen and oxygen atoms in total. The second kappa shape index (κ2) is 3.82. The Morgan fingerprint density at radius 3 is 2.87 bits per heavy atom. The molecule has 0 saturated heterocycles. The number of aromatic hydroxyl groups is 1. The van der Waals surface area contributed by atoms with Crippen molar-refractivity contribution in [2.75, 3.05) is 5.33 Å². The molecular formula is C13H17BrO. The highest BCUT2D eigenvalue weighted by Gasteiger charge is 2.38. The molecular weight excluding hydrogens is 252 g/mol. The molecule has 0 amide bonds. The fourth-order valence-corrected chi connectivity index (χ4v) is 3.23. The van der Waals surface area contributed by atoms with E-state index in [1.165, 1.54) is 17.5 Å². The fourth-order valence-electron chi connectivity index (χ4n) is 2.68. The lowest BCUT2D eigenvalue weighted by atomic mass is 9.77. The number of rotatable bonds is 2. The number of halogens is 1. The largest absolute Gasteiger partial charge is 0.508 e. The van der Waals surface area contributed by atoms with Gasteiger partial charge in [0.05, 0.1) is 0 Å². The number of alkyl halides is 1. The van der Waals surface area contributed by atoms with Crippen LogP contribution in [0.3, 0.4) is 0 Å². The van der Waals surface area contributed by atoms with E-state index in [2.05, 4.69) is 35.8 Å². The van der Waals surface area contributed by atoms with Crippen molar-refractivity contribution in [3.8, 4) is 5.75 Å². The van der Waals surface area contributed by atoms with Crippen LogP contribution in [0.5, 0.6) is 5.75 Å². The van der Waals surface area contributed by atoms with E-state index in [-0.39, 0.29) is 5.41 Å². The highest BCUT2D eigenvalue weighted by Crippen LogP contribution is 2.45. The minimum Gasteiger partial charge on any atom is -0.508 e. The first-order valence-electron chi connectivity index (χ1n) is 5.44. The zero-order valence-corrected chi connectivity index (χ0v) is 10.8. The molecule has 1 N–H and O–H groups in total. The zero-order chi connectivity index (χ0) is 11.1. The Morgan fingerprint density at radius 2 is 2.20 bits per heavy atom. The fraction of sp³-hybridized carbons (Fsp3) is 0.538. The van der Waals surface area contributed by atoms with Crippen LogP contribution < -0.4 is 0 Å². The van der Waals surface area contributed by atoms with Gasteiger partial charge in [-0.1, -0.05) is 35.8 Å². The van der Waals surface area contributed by atoms with Gasteiger partial charge in [0.25, 0.3) is 0 Å². The molecule has 2 rings (SSSR count). The number of phenolic OH excluding ortho intramolecular Hbond substituents is 1. The van der Waals surface area contributed by atoms with Gasteiger partial charge < -0.3 is 5.11 Å². The monoisotopic (exact) mass is 268 g/mol. The van der Waals surface area contributed by atoms with Crippen LogP contribution in [0.15, 0.2) is 18.2 Å². The number of hydrogen-bond acceptors (Lipinski definition) is 1. The summed E-state index contributed by atoms with van der Waals surface area (Å²) < 4.78 is 0. The summed E-state index contributed by atoms with van der Waals surface area (Å²) in [6, 6.07) is 5.80. The standard InChI is InChI=1S/C13H17BrO/c1-13(2)10(5-6-14)7-9-3-4-11(15)8-12(9)13/h3-4,8,10,15H,5-7H2,1-2H3. The Morgan fingerprint density at radius 1 is 1.47 bits per heavy atom. The molecule has 0 saturated carbocycles. The number of benzene rings is 1. The molecule has 1 atom stereocenters. The van der Waals surface area contributed by atoms with Gasteiger partial charge in [-0.2, -0.15) is 0 Å². The quantitative estimate of drug-likeness (QED) is 0.813. The van der Waals surface area contributed by atoms with E-state index in [4.69, 9.17) is 0 Å². The van der Waals surface area contributed by atoms with E-state index in [1.54, 1.807) is 6.07 Å². The first kappa shape index (κ1) is 11.0. The van der Waals surface area contributed by atoms with Crippen molar-refractivity contribution >= 4 is 15.9 Å². The van der Waals surface area contributed by atoms with E-state index in [0.717, 1.165) is 11.8 Å². The van der Waals surface area contributed by atoms with Crippen LogP contribution in [0.2, 0.25) is 0 Å². The summed E-state index contributed by atoms with van der Waals surface area (Å²) in [6.07, 6.45) is 2.34. The first-order valence-corrected chi connectivity index (χ1v) is 6.56. The maximum atomic E-state index is 9.54. The first-order chi connectivity index (χ1) is 7.05. The third-order valence-corrected chi connectivity index (χ3v) is 4.19. The molecule has 0 spiro atoms. The molecule has 15 heavy (non-hydrogen) atoms. The summed E-state index contributed by atoms with van der Waals surface area (Å²) in [5, 5.41) is 10.6. The summed E-state index contributed by atoms with van der Waals surface area (Å²) in [5.41, 5.74) is 2.93. The van der Waals surface area contributed by atoms with Crippen LogP contribution in [-0.2, 0) is 11.8 Å². The third-order valence-electron chi connectivity index (χ3n) is 3.73. The van der Waals surface area contributed by atoms with Crippen LogP contribution in [0, 0.1) is 5.92 Å². The van der Waals surface area contributed by atoms with Gasteiger partial charge in [0.2, 0.25) is 0 Å². The van der Waals surface area contributed by atoms with Gasteiger partial charge in [-0.05, 0) is 47.4 Å². The van der Waals surface area contributed by atoms with E-state index in [0.29, 0.717) is 11.7 Å². The van der Waals surface area contributed by atoms with Gasteiger partial charge in [-0.15, -0.1) is 0 Å². The van der Waals surface area contributed by atoms with E-state index >= 15 is 0 Å². The molecule has 0 aliphatic heterocycles. The molecule has 0 bridgehead atoms. The molecule has 1 aliphatic carbocycles. The van der Waals surface area contributed by atoms with Crippen molar-refractivity contribution in [2.24, 2.45) is 5.92 Å². The van der Waals surface area contributed by atoms with Gasteiger partial charge in [0.1, 0.15) is 5.75 Å². The van der Waals surface area contributed by atoms with Crippen molar-refractivity contribution in [3.05, 3.63) is 29.3 Å². The number of phenols is 1. The van der Waals surface area contributed by atoms with Crippen LogP contribution in [0.1, 0.15) is 31.4 Å². The molecule has 0 heterocycles. The smallest absolute Gasteiger partial charge is 0.115 e. The lowest BCUT2D eigenvalue weighted by molar-refractivity contribution is 0.341. The van der Waals surface area contributed by atoms with E-state index < -0.39 is 0 Å². The molecule has 0 fully saturated rings. The summed E-state index contributed by atoms with van der Waals surface area (Å²) in [4.78, 5) is 0. The van der Waals surface area contributed by atoms with Crippen LogP contribution in [-0.4, -0.2) is 10.4 Å². The second-order valence-corrected chi connectivity index (χ2v) is 5.73. The minimum atomic E-state index is 0.196. The van der Waals surface area contributed by atoms with Gasteiger partial charge in [0.15, 0.2) is 0 Å². The van der Waals surface area contributed by atoms with Crippen molar-refractivity contribution in [1.29, 1.82) is 0 Å². The lowest BCUT2D eigenvalue weighted by Gasteiger charge is -2.27. The number of hydrogen-bond donors (Lipinski definition) is 1. The molecule has 0 aromatic heterocycles. The molecule has 2 heteroatoms. The topological polar surface area (TPSA) is 20.2 Å². The molecule has 82 valence electrons. The Bertz CT molecular complexity index is 371. The Kier molecular flexibility index (Phi) is 2.80. The zero-order valence-electron chi connectivity index (χ0n) is 9.26. The van der Waals surface area contributed by atoms with Crippen LogP contribution in [0.4, 0.5) is 0 Å².